The molecule has 0 aromatic rings. The molecule has 0 aliphatic carbocycles. The van der Waals surface area contributed by atoms with Gasteiger partial charge < -0.3 is 24.8 Å². The number of morpholine rings is 1. The van der Waals surface area contributed by atoms with E-state index in [2.05, 4.69) is 15.1 Å². The molecular weight excluding hydrogens is 334 g/mol. The third kappa shape index (κ3) is 5.16. The predicted molar refractivity (Wildman–Crippen MR) is 98.9 cm³/mol. The van der Waals surface area contributed by atoms with Crippen molar-refractivity contribution in [3.05, 3.63) is 0 Å². The SMILES string of the molecule is CC(C(=O)N1CCOCC1)N1CCN(CCC(=O)N2CCNCC2)CC1. The van der Waals surface area contributed by atoms with Gasteiger partial charge in [0.2, 0.25) is 11.8 Å². The first-order valence-electron chi connectivity index (χ1n) is 9.96. The maximum absolute atomic E-state index is 12.6. The van der Waals surface area contributed by atoms with Gasteiger partial charge in [0.25, 0.3) is 0 Å². The lowest BCUT2D eigenvalue weighted by molar-refractivity contribution is -0.141. The Morgan fingerprint density at radius 3 is 2.23 bits per heavy atom. The van der Waals surface area contributed by atoms with E-state index >= 15 is 0 Å². The molecule has 1 atom stereocenters. The highest BCUT2D eigenvalue weighted by molar-refractivity contribution is 5.81. The number of ether oxygens (including phenoxy) is 1. The molecule has 3 fully saturated rings. The Bertz CT molecular complexity index is 469. The van der Waals surface area contributed by atoms with Crippen molar-refractivity contribution in [2.75, 3.05) is 85.2 Å². The van der Waals surface area contributed by atoms with Crippen molar-refractivity contribution in [3.8, 4) is 0 Å². The molecule has 26 heavy (non-hydrogen) atoms. The van der Waals surface area contributed by atoms with E-state index in [0.717, 1.165) is 58.9 Å². The summed E-state index contributed by atoms with van der Waals surface area (Å²) in [5.41, 5.74) is 0. The van der Waals surface area contributed by atoms with Gasteiger partial charge in [-0.25, -0.2) is 0 Å². The number of hydrogen-bond acceptors (Lipinski definition) is 6. The van der Waals surface area contributed by atoms with E-state index in [1.54, 1.807) is 0 Å². The van der Waals surface area contributed by atoms with E-state index in [1.807, 2.05) is 16.7 Å². The van der Waals surface area contributed by atoms with Crippen molar-refractivity contribution in [2.45, 2.75) is 19.4 Å². The normalized spacial score (nSPS) is 24.5. The maximum Gasteiger partial charge on any atom is 0.239 e. The standard InChI is InChI=1S/C18H33N5O3/c1-16(18(25)23-12-14-26-15-13-23)21-10-8-20(9-11-21)5-2-17(24)22-6-3-19-4-7-22/h16,19H,2-15H2,1H3. The zero-order chi connectivity index (χ0) is 18.4. The predicted octanol–water partition coefficient (Wildman–Crippen LogP) is -1.33. The lowest BCUT2D eigenvalue weighted by Crippen LogP contribution is -2.56. The van der Waals surface area contributed by atoms with Gasteiger partial charge >= 0.3 is 0 Å². The Morgan fingerprint density at radius 1 is 0.923 bits per heavy atom. The van der Waals surface area contributed by atoms with E-state index in [0.29, 0.717) is 32.7 Å². The molecular formula is C18H33N5O3. The fraction of sp³-hybridized carbons (Fsp3) is 0.889. The molecule has 1 unspecified atom stereocenters. The number of carbonyl (C=O) groups is 2. The summed E-state index contributed by atoms with van der Waals surface area (Å²) in [6.45, 7) is 12.6. The molecule has 3 saturated heterocycles. The van der Waals surface area contributed by atoms with Crippen LogP contribution in [0.4, 0.5) is 0 Å². The number of rotatable bonds is 5. The first kappa shape index (κ1) is 19.5. The summed E-state index contributed by atoms with van der Waals surface area (Å²) in [4.78, 5) is 33.4. The van der Waals surface area contributed by atoms with Crippen LogP contribution in [0.15, 0.2) is 0 Å². The van der Waals surface area contributed by atoms with Crippen molar-refractivity contribution < 1.29 is 14.3 Å². The van der Waals surface area contributed by atoms with Crippen LogP contribution in [0.1, 0.15) is 13.3 Å². The molecule has 0 aromatic heterocycles. The molecule has 3 aliphatic rings. The van der Waals surface area contributed by atoms with Crippen LogP contribution in [0.5, 0.6) is 0 Å². The van der Waals surface area contributed by atoms with Gasteiger partial charge in [0.05, 0.1) is 19.3 Å². The topological polar surface area (TPSA) is 68.4 Å². The third-order valence-electron chi connectivity index (χ3n) is 5.75. The van der Waals surface area contributed by atoms with Crippen LogP contribution in [0.25, 0.3) is 0 Å². The van der Waals surface area contributed by atoms with Crippen LogP contribution in [0.3, 0.4) is 0 Å². The second-order valence-corrected chi connectivity index (χ2v) is 7.37. The van der Waals surface area contributed by atoms with Gasteiger partial charge in [0.15, 0.2) is 0 Å². The molecule has 3 heterocycles. The Balaban J connectivity index is 1.36. The molecule has 8 nitrogen and oxygen atoms in total. The highest BCUT2D eigenvalue weighted by Gasteiger charge is 2.29. The zero-order valence-corrected chi connectivity index (χ0v) is 16.0. The lowest BCUT2D eigenvalue weighted by atomic mass is 10.2. The summed E-state index contributed by atoms with van der Waals surface area (Å²) in [5, 5.41) is 3.28. The maximum atomic E-state index is 12.6. The number of amides is 2. The van der Waals surface area contributed by atoms with Crippen molar-refractivity contribution >= 4 is 11.8 Å². The van der Waals surface area contributed by atoms with Crippen LogP contribution in [0, 0.1) is 0 Å². The van der Waals surface area contributed by atoms with E-state index < -0.39 is 0 Å². The van der Waals surface area contributed by atoms with Crippen LogP contribution in [0.2, 0.25) is 0 Å². The van der Waals surface area contributed by atoms with Gasteiger partial charge in [-0.1, -0.05) is 0 Å². The average molecular weight is 367 g/mol. The minimum absolute atomic E-state index is 0.0715. The molecule has 0 aromatic carbocycles. The van der Waals surface area contributed by atoms with Crippen LogP contribution < -0.4 is 5.32 Å². The third-order valence-corrected chi connectivity index (χ3v) is 5.75. The van der Waals surface area contributed by atoms with Gasteiger partial charge in [-0.05, 0) is 6.92 Å². The lowest BCUT2D eigenvalue weighted by Gasteiger charge is -2.39. The highest BCUT2D eigenvalue weighted by Crippen LogP contribution is 2.11. The minimum Gasteiger partial charge on any atom is -0.378 e. The fourth-order valence-corrected chi connectivity index (χ4v) is 3.90. The molecule has 0 radical (unpaired) electrons. The number of piperazine rings is 2. The summed E-state index contributed by atoms with van der Waals surface area (Å²) >= 11 is 0. The first-order valence-corrected chi connectivity index (χ1v) is 9.96. The Hall–Kier alpha value is -1.22. The molecule has 148 valence electrons. The average Bonchev–Trinajstić information content (AvgIpc) is 2.72. The first-order chi connectivity index (χ1) is 12.6. The molecule has 2 amide bonds. The summed E-state index contributed by atoms with van der Waals surface area (Å²) in [6.07, 6.45) is 0.599. The second kappa shape index (κ2) is 9.64. The van der Waals surface area contributed by atoms with E-state index in [-0.39, 0.29) is 17.9 Å². The van der Waals surface area contributed by atoms with Crippen molar-refractivity contribution in [1.29, 1.82) is 0 Å². The van der Waals surface area contributed by atoms with Crippen molar-refractivity contribution in [3.63, 3.8) is 0 Å². The molecule has 0 bridgehead atoms. The monoisotopic (exact) mass is 367 g/mol. The van der Waals surface area contributed by atoms with Crippen LogP contribution in [-0.4, -0.2) is 123 Å². The second-order valence-electron chi connectivity index (χ2n) is 7.37. The number of carbonyl (C=O) groups excluding carboxylic acids is 2. The molecule has 8 heteroatoms. The molecule has 1 N–H and O–H groups in total. The molecule has 3 aliphatic heterocycles. The molecule has 0 spiro atoms. The molecule has 3 rings (SSSR count). The quantitative estimate of drug-likeness (QED) is 0.650. The summed E-state index contributed by atoms with van der Waals surface area (Å²) in [5.74, 6) is 0.487. The van der Waals surface area contributed by atoms with Crippen LogP contribution in [-0.2, 0) is 14.3 Å². The molecule has 0 saturated carbocycles. The summed E-state index contributed by atoms with van der Waals surface area (Å²) in [6, 6.07) is -0.0715. The minimum atomic E-state index is -0.0715. The van der Waals surface area contributed by atoms with E-state index in [9.17, 15) is 9.59 Å². The van der Waals surface area contributed by atoms with Gasteiger partial charge in [0, 0.05) is 78.4 Å². The number of nitrogens with zero attached hydrogens (tertiary/aromatic N) is 4. The zero-order valence-electron chi connectivity index (χ0n) is 16.0. The number of hydrogen-bond donors (Lipinski definition) is 1. The van der Waals surface area contributed by atoms with Gasteiger partial charge in [-0.3, -0.25) is 14.5 Å². The highest BCUT2D eigenvalue weighted by atomic mass is 16.5. The summed E-state index contributed by atoms with van der Waals surface area (Å²) in [7, 11) is 0. The number of nitrogens with one attached hydrogen (secondary N) is 1. The van der Waals surface area contributed by atoms with Crippen molar-refractivity contribution in [1.82, 2.24) is 24.9 Å². The Morgan fingerprint density at radius 2 is 1.58 bits per heavy atom. The Labute approximate surface area is 156 Å². The Kier molecular flexibility index (Phi) is 7.24. The van der Waals surface area contributed by atoms with Gasteiger partial charge in [0.1, 0.15) is 0 Å². The summed E-state index contributed by atoms with van der Waals surface area (Å²) < 4.78 is 5.33. The van der Waals surface area contributed by atoms with Crippen LogP contribution >= 0.6 is 0 Å². The van der Waals surface area contributed by atoms with Gasteiger partial charge in [-0.2, -0.15) is 0 Å². The van der Waals surface area contributed by atoms with Crippen molar-refractivity contribution in [2.24, 2.45) is 0 Å². The fourth-order valence-electron chi connectivity index (χ4n) is 3.90. The smallest absolute Gasteiger partial charge is 0.239 e. The van der Waals surface area contributed by atoms with E-state index in [1.165, 1.54) is 0 Å². The largest absolute Gasteiger partial charge is 0.378 e. The van der Waals surface area contributed by atoms with Gasteiger partial charge in [-0.15, -0.1) is 0 Å². The van der Waals surface area contributed by atoms with E-state index in [4.69, 9.17) is 4.74 Å².